The molecule has 0 aliphatic rings. The topological polar surface area (TPSA) is 109 Å². The number of benzene rings is 2. The molecule has 3 rings (SSSR count). The van der Waals surface area contributed by atoms with E-state index in [0.29, 0.717) is 3.97 Å². The van der Waals surface area contributed by atoms with Crippen molar-refractivity contribution in [2.45, 2.75) is 9.79 Å². The summed E-state index contributed by atoms with van der Waals surface area (Å²) < 4.78 is 61.5. The van der Waals surface area contributed by atoms with Crippen LogP contribution in [0.2, 0.25) is 0 Å². The number of esters is 1. The second-order valence-electron chi connectivity index (χ2n) is 5.57. The normalized spacial score (nSPS) is 12.1. The smallest absolute Gasteiger partial charge is 0.357 e. The maximum absolute atomic E-state index is 13.3. The molecule has 0 unspecified atom stereocenters. The molecular formula is C17H14ClNO7S2. The fourth-order valence-corrected chi connectivity index (χ4v) is 5.70. The summed E-state index contributed by atoms with van der Waals surface area (Å²) in [6.07, 6.45) is 0. The van der Waals surface area contributed by atoms with Gasteiger partial charge in [0.1, 0.15) is 10.6 Å². The Bertz CT molecular complexity index is 1280. The average molecular weight is 444 g/mol. The third-order valence-corrected chi connectivity index (χ3v) is 7.08. The van der Waals surface area contributed by atoms with Crippen LogP contribution in [0.25, 0.3) is 10.9 Å². The van der Waals surface area contributed by atoms with Crippen LogP contribution in [-0.4, -0.2) is 41.0 Å². The lowest BCUT2D eigenvalue weighted by molar-refractivity contribution is 0.0588. The van der Waals surface area contributed by atoms with Gasteiger partial charge >= 0.3 is 5.97 Å². The molecule has 0 bridgehead atoms. The van der Waals surface area contributed by atoms with Crippen LogP contribution in [0.15, 0.2) is 58.3 Å². The van der Waals surface area contributed by atoms with Gasteiger partial charge in [-0.15, -0.1) is 0 Å². The van der Waals surface area contributed by atoms with Crippen molar-refractivity contribution in [3.8, 4) is 5.75 Å². The zero-order valence-electron chi connectivity index (χ0n) is 14.6. The highest BCUT2D eigenvalue weighted by Crippen LogP contribution is 2.37. The first-order chi connectivity index (χ1) is 13.1. The lowest BCUT2D eigenvalue weighted by atomic mass is 10.2. The van der Waals surface area contributed by atoms with Gasteiger partial charge in [-0.25, -0.2) is 25.6 Å². The van der Waals surface area contributed by atoms with Crippen LogP contribution in [-0.2, 0) is 23.8 Å². The molecule has 0 saturated carbocycles. The molecule has 1 heterocycles. The van der Waals surface area contributed by atoms with Gasteiger partial charge in [-0.3, -0.25) is 0 Å². The van der Waals surface area contributed by atoms with Gasteiger partial charge in [-0.05, 0) is 24.3 Å². The lowest BCUT2D eigenvalue weighted by Gasteiger charge is -2.11. The average Bonchev–Trinajstić information content (AvgIpc) is 3.03. The van der Waals surface area contributed by atoms with Crippen molar-refractivity contribution in [3.05, 3.63) is 54.2 Å². The Morgan fingerprint density at radius 3 is 2.18 bits per heavy atom. The minimum absolute atomic E-state index is 0.0595. The summed E-state index contributed by atoms with van der Waals surface area (Å²) in [6.45, 7) is 0. The Morgan fingerprint density at radius 1 is 1.00 bits per heavy atom. The molecule has 28 heavy (non-hydrogen) atoms. The first kappa shape index (κ1) is 20.2. The van der Waals surface area contributed by atoms with Gasteiger partial charge in [-0.1, -0.05) is 18.2 Å². The number of nitrogens with zero attached hydrogens (tertiary/aromatic N) is 1. The maximum Gasteiger partial charge on any atom is 0.357 e. The number of carbonyl (C=O) groups excluding carboxylic acids is 1. The number of hydrogen-bond acceptors (Lipinski definition) is 7. The molecule has 148 valence electrons. The van der Waals surface area contributed by atoms with Gasteiger partial charge in [0.2, 0.25) is 0 Å². The maximum atomic E-state index is 13.3. The van der Waals surface area contributed by atoms with Crippen LogP contribution in [0.3, 0.4) is 0 Å². The van der Waals surface area contributed by atoms with E-state index in [0.717, 1.165) is 7.11 Å². The molecule has 0 atom stereocenters. The third kappa shape index (κ3) is 3.23. The Balaban J connectivity index is 2.59. The zero-order valence-corrected chi connectivity index (χ0v) is 17.0. The predicted octanol–water partition coefficient (Wildman–Crippen LogP) is 2.60. The highest BCUT2D eigenvalue weighted by molar-refractivity contribution is 8.14. The van der Waals surface area contributed by atoms with Crippen molar-refractivity contribution >= 4 is 46.6 Å². The van der Waals surface area contributed by atoms with E-state index < -0.39 is 35.6 Å². The number of ether oxygens (including phenoxy) is 2. The first-order valence-electron chi connectivity index (χ1n) is 7.69. The van der Waals surface area contributed by atoms with Crippen LogP contribution in [0, 0.1) is 0 Å². The number of methoxy groups -OCH3 is 2. The second-order valence-corrected chi connectivity index (χ2v) is 9.86. The summed E-state index contributed by atoms with van der Waals surface area (Å²) in [5.74, 6) is -0.918. The van der Waals surface area contributed by atoms with Crippen LogP contribution < -0.4 is 4.74 Å². The quantitative estimate of drug-likeness (QED) is 0.440. The fourth-order valence-electron chi connectivity index (χ4n) is 2.81. The van der Waals surface area contributed by atoms with Gasteiger partial charge in [0.05, 0.1) is 24.6 Å². The van der Waals surface area contributed by atoms with Crippen molar-refractivity contribution in [2.75, 3.05) is 14.2 Å². The third-order valence-electron chi connectivity index (χ3n) is 3.99. The summed E-state index contributed by atoms with van der Waals surface area (Å²) in [4.78, 5) is 11.6. The molecule has 11 heteroatoms. The standard InChI is InChI=1S/C17H14ClNO7S2/c1-25-11-8-9-13-14(10-11)19(28(23,24)12-6-4-3-5-7-12)15(17(20)26-2)16(13)27(18,21)22/h3-10H,1-2H3. The van der Waals surface area contributed by atoms with Crippen LogP contribution in [0.5, 0.6) is 5.75 Å². The monoisotopic (exact) mass is 443 g/mol. The minimum Gasteiger partial charge on any atom is -0.497 e. The van der Waals surface area contributed by atoms with Crippen molar-refractivity contribution in [3.63, 3.8) is 0 Å². The SMILES string of the molecule is COC(=O)c1c(S(=O)(=O)Cl)c2ccc(OC)cc2n1S(=O)(=O)c1ccccc1. The van der Waals surface area contributed by atoms with Crippen molar-refractivity contribution < 1.29 is 31.1 Å². The highest BCUT2D eigenvalue weighted by Gasteiger charge is 2.36. The van der Waals surface area contributed by atoms with E-state index in [9.17, 15) is 21.6 Å². The molecule has 0 spiro atoms. The van der Waals surface area contributed by atoms with E-state index in [-0.39, 0.29) is 21.5 Å². The van der Waals surface area contributed by atoms with Crippen molar-refractivity contribution in [1.82, 2.24) is 3.97 Å². The summed E-state index contributed by atoms with van der Waals surface area (Å²) in [5, 5.41) is -0.0595. The molecule has 0 amide bonds. The molecule has 0 N–H and O–H groups in total. The van der Waals surface area contributed by atoms with Crippen molar-refractivity contribution in [1.29, 1.82) is 0 Å². The van der Waals surface area contributed by atoms with Crippen LogP contribution in [0.1, 0.15) is 10.5 Å². The van der Waals surface area contributed by atoms with Crippen LogP contribution in [0.4, 0.5) is 0 Å². The molecule has 3 aromatic rings. The van der Waals surface area contributed by atoms with Gasteiger partial charge in [0.25, 0.3) is 19.1 Å². The van der Waals surface area contributed by atoms with E-state index in [4.69, 9.17) is 15.4 Å². The largest absolute Gasteiger partial charge is 0.497 e. The first-order valence-corrected chi connectivity index (χ1v) is 11.4. The lowest BCUT2D eigenvalue weighted by Crippen LogP contribution is -2.20. The number of hydrogen-bond donors (Lipinski definition) is 0. The number of aromatic nitrogens is 1. The molecule has 0 aliphatic heterocycles. The van der Waals surface area contributed by atoms with Crippen LogP contribution >= 0.6 is 10.7 Å². The Labute approximate surface area is 165 Å². The molecule has 1 aromatic heterocycles. The highest BCUT2D eigenvalue weighted by atomic mass is 35.7. The fraction of sp³-hybridized carbons (Fsp3) is 0.118. The summed E-state index contributed by atoms with van der Waals surface area (Å²) in [7, 11) is -0.971. The number of rotatable bonds is 5. The van der Waals surface area contributed by atoms with E-state index in [1.54, 1.807) is 6.07 Å². The Hall–Kier alpha value is -2.56. The van der Waals surface area contributed by atoms with Crippen molar-refractivity contribution in [2.24, 2.45) is 0 Å². The molecule has 0 saturated heterocycles. The van der Waals surface area contributed by atoms with E-state index in [1.165, 1.54) is 49.6 Å². The van der Waals surface area contributed by atoms with E-state index in [2.05, 4.69) is 4.74 Å². The molecule has 8 nitrogen and oxygen atoms in total. The van der Waals surface area contributed by atoms with Gasteiger partial charge in [0.15, 0.2) is 5.69 Å². The van der Waals surface area contributed by atoms with Gasteiger partial charge in [0, 0.05) is 22.1 Å². The zero-order chi connectivity index (χ0) is 20.7. The summed E-state index contributed by atoms with van der Waals surface area (Å²) in [6, 6.07) is 11.3. The van der Waals surface area contributed by atoms with E-state index in [1.807, 2.05) is 0 Å². The Kier molecular flexibility index (Phi) is 5.13. The van der Waals surface area contributed by atoms with Gasteiger partial charge < -0.3 is 9.47 Å². The number of carbonyl (C=O) groups is 1. The summed E-state index contributed by atoms with van der Waals surface area (Å²) >= 11 is 0. The molecule has 0 fully saturated rings. The Morgan fingerprint density at radius 2 is 1.64 bits per heavy atom. The van der Waals surface area contributed by atoms with E-state index >= 15 is 0 Å². The molecule has 0 aliphatic carbocycles. The van der Waals surface area contributed by atoms with Gasteiger partial charge in [-0.2, -0.15) is 0 Å². The predicted molar refractivity (Wildman–Crippen MR) is 102 cm³/mol. The molecule has 2 aromatic carbocycles. The second kappa shape index (κ2) is 7.12. The number of fused-ring (bicyclic) bond motifs is 1. The molecular weight excluding hydrogens is 430 g/mol. The number of halogens is 1. The summed E-state index contributed by atoms with van der Waals surface area (Å²) in [5.41, 5.74) is -0.813. The minimum atomic E-state index is -4.51. The molecule has 0 radical (unpaired) electrons.